The number of aryl methyl sites for hydroxylation is 1. The molecule has 1 spiro atoms. The SMILES string of the molecule is CCOC(=O)C1=NN(c2ccc(C)cc2)[C@]2(S1)SC(C(=O)OCC)=C(C)N2C. The topological polar surface area (TPSA) is 71.4 Å². The number of benzene rings is 1. The third kappa shape index (κ3) is 3.48. The summed E-state index contributed by atoms with van der Waals surface area (Å²) in [6, 6.07) is 7.86. The predicted octanol–water partition coefficient (Wildman–Crippen LogP) is 3.51. The molecule has 0 amide bonds. The van der Waals surface area contributed by atoms with Crippen molar-refractivity contribution in [1.82, 2.24) is 4.90 Å². The summed E-state index contributed by atoms with van der Waals surface area (Å²) in [5.74, 6) is -0.847. The van der Waals surface area contributed by atoms with Gasteiger partial charge >= 0.3 is 11.9 Å². The van der Waals surface area contributed by atoms with Gasteiger partial charge < -0.3 is 14.4 Å². The number of rotatable bonds is 5. The van der Waals surface area contributed by atoms with Crippen LogP contribution in [0.25, 0.3) is 0 Å². The smallest absolute Gasteiger partial charge is 0.365 e. The molecule has 0 N–H and O–H groups in total. The van der Waals surface area contributed by atoms with Gasteiger partial charge in [0, 0.05) is 12.7 Å². The maximum atomic E-state index is 12.5. The van der Waals surface area contributed by atoms with Gasteiger partial charge in [0.05, 0.1) is 18.9 Å². The fourth-order valence-corrected chi connectivity index (χ4v) is 5.70. The molecule has 3 rings (SSSR count). The summed E-state index contributed by atoms with van der Waals surface area (Å²) in [6.07, 6.45) is 0. The molecular weight excluding hydrogens is 398 g/mol. The molecule has 2 aliphatic rings. The van der Waals surface area contributed by atoms with Crippen molar-refractivity contribution in [3.8, 4) is 0 Å². The lowest BCUT2D eigenvalue weighted by Gasteiger charge is -2.39. The Bertz CT molecular complexity index is 853. The van der Waals surface area contributed by atoms with Crippen LogP contribution in [0.15, 0.2) is 40.0 Å². The summed E-state index contributed by atoms with van der Waals surface area (Å²) in [4.78, 5) is 27.3. The van der Waals surface area contributed by atoms with Crippen LogP contribution in [0.2, 0.25) is 0 Å². The van der Waals surface area contributed by atoms with Crippen LogP contribution in [0.3, 0.4) is 0 Å². The predicted molar refractivity (Wildman–Crippen MR) is 113 cm³/mol. The Balaban J connectivity index is 2.02. The number of thioether (sulfide) groups is 2. The maximum Gasteiger partial charge on any atom is 0.365 e. The van der Waals surface area contributed by atoms with E-state index in [4.69, 9.17) is 9.47 Å². The number of anilines is 1. The van der Waals surface area contributed by atoms with Crippen LogP contribution in [0.1, 0.15) is 26.3 Å². The largest absolute Gasteiger partial charge is 0.462 e. The van der Waals surface area contributed by atoms with E-state index in [0.29, 0.717) is 11.5 Å². The van der Waals surface area contributed by atoms with Crippen molar-refractivity contribution < 1.29 is 19.1 Å². The Morgan fingerprint density at radius 2 is 1.64 bits per heavy atom. The molecule has 9 heteroatoms. The molecular formula is C19H23N3O4S2. The number of carbonyl (C=O) groups is 2. The second-order valence-electron chi connectivity index (χ2n) is 6.22. The fraction of sp³-hybridized carbons (Fsp3) is 0.421. The summed E-state index contributed by atoms with van der Waals surface area (Å²) in [7, 11) is 1.88. The van der Waals surface area contributed by atoms with E-state index in [-0.39, 0.29) is 17.6 Å². The van der Waals surface area contributed by atoms with Crippen LogP contribution in [-0.4, -0.2) is 46.5 Å². The molecule has 0 fully saturated rings. The minimum atomic E-state index is -0.844. The molecule has 1 aromatic carbocycles. The van der Waals surface area contributed by atoms with Gasteiger partial charge in [-0.15, -0.1) is 0 Å². The highest BCUT2D eigenvalue weighted by Crippen LogP contribution is 2.58. The van der Waals surface area contributed by atoms with Crippen LogP contribution in [0.4, 0.5) is 5.69 Å². The Morgan fingerprint density at radius 3 is 2.25 bits per heavy atom. The molecule has 0 bridgehead atoms. The Kier molecular flexibility index (Phi) is 5.95. The highest BCUT2D eigenvalue weighted by Gasteiger charge is 2.56. The number of allylic oxidation sites excluding steroid dienone is 1. The zero-order chi connectivity index (χ0) is 20.5. The van der Waals surface area contributed by atoms with Crippen LogP contribution in [0, 0.1) is 6.92 Å². The van der Waals surface area contributed by atoms with Crippen molar-refractivity contribution in [1.29, 1.82) is 0 Å². The maximum absolute atomic E-state index is 12.5. The van der Waals surface area contributed by atoms with Crippen LogP contribution < -0.4 is 5.01 Å². The lowest BCUT2D eigenvalue weighted by molar-refractivity contribution is -0.137. The number of carbonyl (C=O) groups excluding carboxylic acids is 2. The van der Waals surface area contributed by atoms with Gasteiger partial charge in [0.2, 0.25) is 9.37 Å². The van der Waals surface area contributed by atoms with E-state index in [1.807, 2.05) is 50.1 Å². The third-order valence-corrected chi connectivity index (χ3v) is 7.40. The molecule has 0 aromatic heterocycles. The van der Waals surface area contributed by atoms with E-state index in [0.717, 1.165) is 16.9 Å². The number of hydrogen-bond acceptors (Lipinski definition) is 9. The van der Waals surface area contributed by atoms with Crippen molar-refractivity contribution in [3.05, 3.63) is 40.4 Å². The van der Waals surface area contributed by atoms with Crippen molar-refractivity contribution in [2.45, 2.75) is 32.0 Å². The molecule has 1 aromatic rings. The Morgan fingerprint density at radius 1 is 1.04 bits per heavy atom. The molecule has 2 heterocycles. The molecule has 1 atom stereocenters. The number of esters is 2. The molecule has 0 unspecified atom stereocenters. The van der Waals surface area contributed by atoms with E-state index < -0.39 is 10.3 Å². The highest BCUT2D eigenvalue weighted by atomic mass is 32.2. The van der Waals surface area contributed by atoms with E-state index in [1.54, 1.807) is 18.9 Å². The van der Waals surface area contributed by atoms with Crippen molar-refractivity contribution in [2.24, 2.45) is 5.10 Å². The molecule has 2 aliphatic heterocycles. The first kappa shape index (κ1) is 20.6. The van der Waals surface area contributed by atoms with Gasteiger partial charge in [-0.05, 0) is 51.6 Å². The van der Waals surface area contributed by atoms with Gasteiger partial charge in [-0.3, -0.25) is 0 Å². The van der Waals surface area contributed by atoms with E-state index in [9.17, 15) is 9.59 Å². The van der Waals surface area contributed by atoms with E-state index in [1.165, 1.54) is 23.5 Å². The first-order valence-corrected chi connectivity index (χ1v) is 10.6. The molecule has 150 valence electrons. The Labute approximate surface area is 173 Å². The molecule has 7 nitrogen and oxygen atoms in total. The van der Waals surface area contributed by atoms with Gasteiger partial charge in [0.15, 0.2) is 0 Å². The molecule has 0 saturated heterocycles. The standard InChI is InChI=1S/C19H23N3O4S2/c1-6-25-17(23)15-13(4)21(5)19(27-15)22(14-10-8-12(3)9-11-14)20-16(28-19)18(24)26-7-2/h8-11H,6-7H2,1-5H3/t19-/m0/s1. The molecule has 0 saturated carbocycles. The van der Waals surface area contributed by atoms with Crippen LogP contribution >= 0.6 is 23.5 Å². The monoisotopic (exact) mass is 421 g/mol. The zero-order valence-corrected chi connectivity index (χ0v) is 18.1. The minimum Gasteiger partial charge on any atom is -0.462 e. The second-order valence-corrected chi connectivity index (χ2v) is 8.82. The lowest BCUT2D eigenvalue weighted by Crippen LogP contribution is -2.47. The van der Waals surface area contributed by atoms with E-state index >= 15 is 0 Å². The molecule has 0 radical (unpaired) electrons. The van der Waals surface area contributed by atoms with Crippen LogP contribution in [-0.2, 0) is 19.1 Å². The first-order valence-electron chi connectivity index (χ1n) is 8.96. The van der Waals surface area contributed by atoms with E-state index in [2.05, 4.69) is 5.10 Å². The summed E-state index contributed by atoms with van der Waals surface area (Å²) in [5.41, 5.74) is 2.70. The number of nitrogens with zero attached hydrogens (tertiary/aromatic N) is 3. The number of hydrogen-bond donors (Lipinski definition) is 0. The highest BCUT2D eigenvalue weighted by molar-refractivity contribution is 8.28. The fourth-order valence-electron chi connectivity index (χ4n) is 2.83. The van der Waals surface area contributed by atoms with Crippen LogP contribution in [0.5, 0.6) is 0 Å². The summed E-state index contributed by atoms with van der Waals surface area (Å²) >= 11 is 2.60. The Hall–Kier alpha value is -2.13. The van der Waals surface area contributed by atoms with Crippen molar-refractivity contribution in [2.75, 3.05) is 25.3 Å². The van der Waals surface area contributed by atoms with Crippen molar-refractivity contribution in [3.63, 3.8) is 0 Å². The normalized spacial score (nSPS) is 21.4. The molecule has 0 aliphatic carbocycles. The summed E-state index contributed by atoms with van der Waals surface area (Å²) in [5, 5.41) is 6.58. The summed E-state index contributed by atoms with van der Waals surface area (Å²) < 4.78 is 9.53. The lowest BCUT2D eigenvalue weighted by atomic mass is 10.2. The second kappa shape index (κ2) is 8.08. The quantitative estimate of drug-likeness (QED) is 0.669. The van der Waals surface area contributed by atoms with Gasteiger partial charge in [-0.1, -0.05) is 29.5 Å². The van der Waals surface area contributed by atoms with Gasteiger partial charge in [0.1, 0.15) is 4.91 Å². The zero-order valence-electron chi connectivity index (χ0n) is 16.5. The van der Waals surface area contributed by atoms with Crippen molar-refractivity contribution >= 4 is 46.2 Å². The summed E-state index contributed by atoms with van der Waals surface area (Å²) in [6.45, 7) is 7.97. The first-order chi connectivity index (χ1) is 13.3. The van der Waals surface area contributed by atoms with Gasteiger partial charge in [0.25, 0.3) is 0 Å². The number of ether oxygens (including phenoxy) is 2. The van der Waals surface area contributed by atoms with Gasteiger partial charge in [-0.2, -0.15) is 5.10 Å². The third-order valence-electron chi connectivity index (χ3n) is 4.37. The average Bonchev–Trinajstić information content (AvgIpc) is 3.17. The average molecular weight is 422 g/mol. The van der Waals surface area contributed by atoms with Gasteiger partial charge in [-0.25, -0.2) is 14.6 Å². The number of hydrazone groups is 1. The minimum absolute atomic E-state index is 0.250. The molecule has 28 heavy (non-hydrogen) atoms.